The molecule has 0 spiro atoms. The van der Waals surface area contributed by atoms with Gasteiger partial charge < -0.3 is 14.4 Å². The first-order chi connectivity index (χ1) is 11.3. The standard InChI is InChI=1S/C18H18N2O3/c21-18(14-3-1-7-19-12-14)20-8-2-4-15(20)13-5-6-16-17(11-13)23-10-9-22-16/h1,3,5-7,11-12,15H,2,4,8-10H2/t15-/m1/s1. The third-order valence-electron chi connectivity index (χ3n) is 4.37. The maximum Gasteiger partial charge on any atom is 0.255 e. The van der Waals surface area contributed by atoms with Crippen LogP contribution in [0.3, 0.4) is 0 Å². The van der Waals surface area contributed by atoms with Crippen molar-refractivity contribution in [1.82, 2.24) is 9.88 Å². The first-order valence-electron chi connectivity index (χ1n) is 7.93. The number of fused-ring (bicyclic) bond motifs is 1. The van der Waals surface area contributed by atoms with Crippen LogP contribution in [0.1, 0.15) is 34.8 Å². The highest BCUT2D eigenvalue weighted by atomic mass is 16.6. The molecule has 118 valence electrons. The highest BCUT2D eigenvalue weighted by Gasteiger charge is 2.31. The van der Waals surface area contributed by atoms with Crippen molar-refractivity contribution in [2.45, 2.75) is 18.9 Å². The van der Waals surface area contributed by atoms with Crippen molar-refractivity contribution in [1.29, 1.82) is 0 Å². The summed E-state index contributed by atoms with van der Waals surface area (Å²) in [6.07, 6.45) is 5.28. The molecule has 0 unspecified atom stereocenters. The molecule has 1 aromatic carbocycles. The summed E-state index contributed by atoms with van der Waals surface area (Å²) < 4.78 is 11.2. The molecule has 4 rings (SSSR count). The van der Waals surface area contributed by atoms with E-state index in [1.165, 1.54) is 0 Å². The fraction of sp³-hybridized carbons (Fsp3) is 0.333. The predicted octanol–water partition coefficient (Wildman–Crippen LogP) is 2.83. The first kappa shape index (κ1) is 14.1. The predicted molar refractivity (Wildman–Crippen MR) is 84.7 cm³/mol. The number of carbonyl (C=O) groups excluding carboxylic acids is 1. The summed E-state index contributed by atoms with van der Waals surface area (Å²) in [6, 6.07) is 9.67. The van der Waals surface area contributed by atoms with E-state index in [1.807, 2.05) is 29.2 Å². The minimum Gasteiger partial charge on any atom is -0.486 e. The van der Waals surface area contributed by atoms with Crippen LogP contribution in [0, 0.1) is 0 Å². The molecule has 3 heterocycles. The lowest BCUT2D eigenvalue weighted by Crippen LogP contribution is -2.30. The van der Waals surface area contributed by atoms with Gasteiger partial charge in [-0.15, -0.1) is 0 Å². The van der Waals surface area contributed by atoms with Crippen LogP contribution in [0.5, 0.6) is 11.5 Å². The molecular formula is C18H18N2O3. The van der Waals surface area contributed by atoms with Gasteiger partial charge in [-0.1, -0.05) is 6.07 Å². The minimum atomic E-state index is 0.0375. The van der Waals surface area contributed by atoms with Crippen molar-refractivity contribution in [3.63, 3.8) is 0 Å². The maximum atomic E-state index is 12.7. The summed E-state index contributed by atoms with van der Waals surface area (Å²) in [4.78, 5) is 18.7. The van der Waals surface area contributed by atoms with Crippen molar-refractivity contribution in [3.05, 3.63) is 53.9 Å². The monoisotopic (exact) mass is 310 g/mol. The van der Waals surface area contributed by atoms with Gasteiger partial charge in [-0.05, 0) is 42.7 Å². The zero-order valence-corrected chi connectivity index (χ0v) is 12.8. The van der Waals surface area contributed by atoms with E-state index in [-0.39, 0.29) is 11.9 Å². The second kappa shape index (κ2) is 5.91. The normalized spacial score (nSPS) is 19.7. The third kappa shape index (κ3) is 2.63. The van der Waals surface area contributed by atoms with Crippen LogP contribution in [-0.4, -0.2) is 35.5 Å². The third-order valence-corrected chi connectivity index (χ3v) is 4.37. The van der Waals surface area contributed by atoms with Crippen molar-refractivity contribution >= 4 is 5.91 Å². The molecule has 23 heavy (non-hydrogen) atoms. The van der Waals surface area contributed by atoms with E-state index in [4.69, 9.17) is 9.47 Å². The molecule has 0 N–H and O–H groups in total. The van der Waals surface area contributed by atoms with Gasteiger partial charge in [0.15, 0.2) is 11.5 Å². The lowest BCUT2D eigenvalue weighted by Gasteiger charge is -2.26. The minimum absolute atomic E-state index is 0.0375. The molecule has 1 aromatic heterocycles. The van der Waals surface area contributed by atoms with E-state index < -0.39 is 0 Å². The Morgan fingerprint density at radius 3 is 2.87 bits per heavy atom. The van der Waals surface area contributed by atoms with E-state index in [0.717, 1.165) is 36.4 Å². The van der Waals surface area contributed by atoms with Gasteiger partial charge in [0.1, 0.15) is 13.2 Å². The Labute approximate surface area is 134 Å². The lowest BCUT2D eigenvalue weighted by molar-refractivity contribution is 0.0734. The number of rotatable bonds is 2. The lowest BCUT2D eigenvalue weighted by atomic mass is 10.0. The molecule has 1 amide bonds. The number of aromatic nitrogens is 1. The zero-order chi connectivity index (χ0) is 15.6. The van der Waals surface area contributed by atoms with Crippen molar-refractivity contribution in [3.8, 4) is 11.5 Å². The van der Waals surface area contributed by atoms with Crippen LogP contribution >= 0.6 is 0 Å². The Bertz CT molecular complexity index is 717. The highest BCUT2D eigenvalue weighted by molar-refractivity contribution is 5.94. The molecule has 2 aromatic rings. The van der Waals surface area contributed by atoms with Crippen LogP contribution < -0.4 is 9.47 Å². The second-order valence-corrected chi connectivity index (χ2v) is 5.80. The summed E-state index contributed by atoms with van der Waals surface area (Å²) in [7, 11) is 0. The quantitative estimate of drug-likeness (QED) is 0.856. The number of ether oxygens (including phenoxy) is 2. The number of hydrogen-bond donors (Lipinski definition) is 0. The SMILES string of the molecule is O=C(c1cccnc1)N1CCC[C@@H]1c1ccc2c(c1)OCCO2. The Hall–Kier alpha value is -2.56. The number of carbonyl (C=O) groups is 1. The number of benzene rings is 1. The molecule has 5 nitrogen and oxygen atoms in total. The van der Waals surface area contributed by atoms with E-state index >= 15 is 0 Å². The van der Waals surface area contributed by atoms with E-state index in [0.29, 0.717) is 18.8 Å². The van der Waals surface area contributed by atoms with Gasteiger partial charge in [0.25, 0.3) is 5.91 Å². The van der Waals surface area contributed by atoms with E-state index in [9.17, 15) is 4.79 Å². The zero-order valence-electron chi connectivity index (χ0n) is 12.8. The van der Waals surface area contributed by atoms with Crippen LogP contribution in [-0.2, 0) is 0 Å². The topological polar surface area (TPSA) is 51.7 Å². The van der Waals surface area contributed by atoms with Crippen LogP contribution in [0.2, 0.25) is 0 Å². The molecule has 0 aliphatic carbocycles. The molecule has 2 aliphatic rings. The van der Waals surface area contributed by atoms with Gasteiger partial charge >= 0.3 is 0 Å². The molecule has 0 radical (unpaired) electrons. The van der Waals surface area contributed by atoms with E-state index in [2.05, 4.69) is 4.98 Å². The van der Waals surface area contributed by atoms with Gasteiger partial charge in [0, 0.05) is 18.9 Å². The average Bonchev–Trinajstić information content (AvgIpc) is 3.11. The largest absolute Gasteiger partial charge is 0.486 e. The number of amides is 1. The van der Waals surface area contributed by atoms with Crippen LogP contribution in [0.15, 0.2) is 42.7 Å². The number of hydrogen-bond acceptors (Lipinski definition) is 4. The molecule has 2 aliphatic heterocycles. The van der Waals surface area contributed by atoms with Gasteiger partial charge in [-0.25, -0.2) is 0 Å². The smallest absolute Gasteiger partial charge is 0.255 e. The molecule has 0 bridgehead atoms. The molecule has 1 atom stereocenters. The number of nitrogens with zero attached hydrogens (tertiary/aromatic N) is 2. The molecule has 1 fully saturated rings. The fourth-order valence-electron chi connectivity index (χ4n) is 3.28. The summed E-state index contributed by atoms with van der Waals surface area (Å²) in [6.45, 7) is 1.92. The van der Waals surface area contributed by atoms with Gasteiger partial charge in [-0.2, -0.15) is 0 Å². The van der Waals surface area contributed by atoms with E-state index in [1.54, 1.807) is 18.5 Å². The number of pyridine rings is 1. The van der Waals surface area contributed by atoms with Crippen LogP contribution in [0.4, 0.5) is 0 Å². The summed E-state index contributed by atoms with van der Waals surface area (Å²) in [5.74, 6) is 1.59. The highest BCUT2D eigenvalue weighted by Crippen LogP contribution is 2.38. The van der Waals surface area contributed by atoms with Crippen LogP contribution in [0.25, 0.3) is 0 Å². The average molecular weight is 310 g/mol. The van der Waals surface area contributed by atoms with Crippen molar-refractivity contribution in [2.24, 2.45) is 0 Å². The van der Waals surface area contributed by atoms with Gasteiger partial charge in [0.05, 0.1) is 11.6 Å². The molecule has 5 heteroatoms. The summed E-state index contributed by atoms with van der Waals surface area (Å²) in [5, 5.41) is 0. The maximum absolute atomic E-state index is 12.7. The Kier molecular flexibility index (Phi) is 3.61. The fourth-order valence-corrected chi connectivity index (χ4v) is 3.28. The number of likely N-dealkylation sites (tertiary alicyclic amines) is 1. The molecular weight excluding hydrogens is 292 g/mol. The second-order valence-electron chi connectivity index (χ2n) is 5.80. The molecule has 1 saturated heterocycles. The Balaban J connectivity index is 1.62. The summed E-state index contributed by atoms with van der Waals surface area (Å²) in [5.41, 5.74) is 1.74. The van der Waals surface area contributed by atoms with Crippen molar-refractivity contribution < 1.29 is 14.3 Å². The first-order valence-corrected chi connectivity index (χ1v) is 7.93. The van der Waals surface area contributed by atoms with Crippen molar-refractivity contribution in [2.75, 3.05) is 19.8 Å². The Morgan fingerprint density at radius 1 is 1.17 bits per heavy atom. The van der Waals surface area contributed by atoms with Gasteiger partial charge in [0.2, 0.25) is 0 Å². The molecule has 0 saturated carbocycles. The van der Waals surface area contributed by atoms with Gasteiger partial charge in [-0.3, -0.25) is 9.78 Å². The Morgan fingerprint density at radius 2 is 2.04 bits per heavy atom. The summed E-state index contributed by atoms with van der Waals surface area (Å²) >= 11 is 0.